The molecule has 4 aliphatic rings. The molecule has 4 aliphatic carbocycles. The number of Topliss-reactive ketones (excluding diaryl/α,β-unsaturated/α-hetero) is 3. The average molecular weight is 635 g/mol. The first-order valence-corrected chi connectivity index (χ1v) is 17.5. The van der Waals surface area contributed by atoms with Gasteiger partial charge in [0.1, 0.15) is 22.8 Å². The number of hydrogen-bond donors (Lipinski definition) is 4. The monoisotopic (exact) mass is 634 g/mol. The maximum Gasteiger partial charge on any atom is 0.203 e. The maximum atomic E-state index is 14.9. The molecule has 7 atom stereocenters. The van der Waals surface area contributed by atoms with Crippen molar-refractivity contribution in [1.29, 1.82) is 0 Å². The van der Waals surface area contributed by atoms with Gasteiger partial charge < -0.3 is 20.4 Å². The van der Waals surface area contributed by atoms with Crippen LogP contribution in [0.1, 0.15) is 136 Å². The minimum absolute atomic E-state index is 0.0278. The van der Waals surface area contributed by atoms with Crippen LogP contribution in [0.25, 0.3) is 5.76 Å². The minimum Gasteiger partial charge on any atom is -0.508 e. The van der Waals surface area contributed by atoms with E-state index in [0.717, 1.165) is 57.4 Å². The number of ketones is 3. The van der Waals surface area contributed by atoms with Crippen LogP contribution in [0.4, 0.5) is 0 Å². The van der Waals surface area contributed by atoms with Crippen molar-refractivity contribution in [3.05, 3.63) is 45.7 Å². The van der Waals surface area contributed by atoms with Gasteiger partial charge >= 0.3 is 0 Å². The quantitative estimate of drug-likeness (QED) is 0.223. The number of allylic oxidation sites excluding steroid dienone is 1. The van der Waals surface area contributed by atoms with Crippen molar-refractivity contribution in [2.45, 2.75) is 125 Å². The number of hydrogen-bond acceptors (Lipinski definition) is 7. The normalized spacial score (nSPS) is 36.8. The van der Waals surface area contributed by atoms with E-state index in [1.807, 2.05) is 46.8 Å². The predicted octanol–water partition coefficient (Wildman–Crippen LogP) is 8.10. The molecule has 7 heteroatoms. The minimum atomic E-state index is -2.63. The Morgan fingerprint density at radius 1 is 1.00 bits per heavy atom. The number of unbranched alkanes of at least 4 members (excludes halogenated alkanes) is 1. The first kappa shape index (κ1) is 34.4. The second-order valence-electron chi connectivity index (χ2n) is 15.9. The third-order valence-corrected chi connectivity index (χ3v) is 13.4. The lowest BCUT2D eigenvalue weighted by Crippen LogP contribution is -2.72. The maximum absolute atomic E-state index is 14.9. The highest BCUT2D eigenvalue weighted by Gasteiger charge is 2.75. The van der Waals surface area contributed by atoms with Crippen molar-refractivity contribution < 1.29 is 34.8 Å². The molecule has 0 heterocycles. The van der Waals surface area contributed by atoms with Crippen molar-refractivity contribution in [2.75, 3.05) is 0 Å². The summed E-state index contributed by atoms with van der Waals surface area (Å²) in [6, 6.07) is 3.99. The molecule has 5 rings (SSSR count). The van der Waals surface area contributed by atoms with Crippen molar-refractivity contribution in [1.82, 2.24) is 0 Å². The SMILES string of the molecule is CCCCC(c1ccc2c(c1O)C(O)=C1C(=O)[C@@]3(O)C(O)=C(C(C)=O)C(=O)C(C(C)C)[C@@]3(C)[C@H](C)[C@@]1(C)[C@@H]2C)C1CCC(C)CC1. The van der Waals surface area contributed by atoms with Gasteiger partial charge in [-0.1, -0.05) is 93.2 Å². The van der Waals surface area contributed by atoms with Crippen LogP contribution in [0.2, 0.25) is 0 Å². The number of benzene rings is 1. The molecule has 0 aliphatic heterocycles. The van der Waals surface area contributed by atoms with E-state index in [1.54, 1.807) is 6.92 Å². The molecule has 0 amide bonds. The zero-order valence-corrected chi connectivity index (χ0v) is 29.2. The summed E-state index contributed by atoms with van der Waals surface area (Å²) in [6.07, 6.45) is 7.40. The van der Waals surface area contributed by atoms with Gasteiger partial charge in [0.15, 0.2) is 17.2 Å². The molecule has 1 aromatic rings. The van der Waals surface area contributed by atoms with Crippen LogP contribution in [0.3, 0.4) is 0 Å². The van der Waals surface area contributed by atoms with E-state index in [2.05, 4.69) is 13.8 Å². The van der Waals surface area contributed by atoms with Gasteiger partial charge in [0.2, 0.25) is 5.78 Å². The highest BCUT2D eigenvalue weighted by Crippen LogP contribution is 2.70. The van der Waals surface area contributed by atoms with Gasteiger partial charge in [-0.15, -0.1) is 0 Å². The van der Waals surface area contributed by atoms with Gasteiger partial charge in [0.05, 0.1) is 5.56 Å². The molecule has 2 unspecified atom stereocenters. The molecule has 1 aromatic carbocycles. The van der Waals surface area contributed by atoms with Gasteiger partial charge in [0.25, 0.3) is 0 Å². The Morgan fingerprint density at radius 2 is 1.61 bits per heavy atom. The van der Waals surface area contributed by atoms with E-state index in [-0.39, 0.29) is 28.7 Å². The molecule has 7 nitrogen and oxygen atoms in total. The van der Waals surface area contributed by atoms with Gasteiger partial charge in [-0.25, -0.2) is 0 Å². The number of phenols is 1. The molecule has 252 valence electrons. The fourth-order valence-electron chi connectivity index (χ4n) is 10.4. The Hall–Kier alpha value is -2.93. The fourth-order valence-corrected chi connectivity index (χ4v) is 10.4. The Morgan fingerprint density at radius 3 is 2.15 bits per heavy atom. The Kier molecular flexibility index (Phi) is 8.71. The van der Waals surface area contributed by atoms with Crippen LogP contribution in [0.15, 0.2) is 29.0 Å². The predicted molar refractivity (Wildman–Crippen MR) is 178 cm³/mol. The van der Waals surface area contributed by atoms with Crippen molar-refractivity contribution in [3.8, 4) is 5.75 Å². The second kappa shape index (κ2) is 11.6. The van der Waals surface area contributed by atoms with Crippen LogP contribution in [-0.4, -0.2) is 43.4 Å². The number of carbonyl (C=O) groups excluding carboxylic acids is 3. The zero-order chi connectivity index (χ0) is 34.3. The van der Waals surface area contributed by atoms with Crippen molar-refractivity contribution in [2.24, 2.45) is 40.4 Å². The van der Waals surface area contributed by atoms with Gasteiger partial charge in [-0.2, -0.15) is 0 Å². The van der Waals surface area contributed by atoms with Crippen molar-refractivity contribution >= 4 is 23.1 Å². The van der Waals surface area contributed by atoms with Gasteiger partial charge in [-0.3, -0.25) is 14.4 Å². The van der Waals surface area contributed by atoms with Crippen LogP contribution in [0.5, 0.6) is 5.75 Å². The largest absolute Gasteiger partial charge is 0.508 e. The summed E-state index contributed by atoms with van der Waals surface area (Å²) in [7, 11) is 0. The molecular formula is C39H54O7. The third-order valence-electron chi connectivity index (χ3n) is 13.4. The standard InChI is InChI=1S/C39H54O7/c1-10-11-12-26(24-15-13-20(4)14-16-24)27-18-17-25-21(5)37(8)23(7)38(9)30(19(2)3)33(42)28(22(6)40)35(44)39(38,46)36(45)31(37)34(43)29(25)32(27)41/h17-21,23-24,26,30,41,43-44,46H,10-16H2,1-9H3/t20?,21-,23-,24?,26?,30?,37-,38-,39+/m1/s1. The summed E-state index contributed by atoms with van der Waals surface area (Å²) < 4.78 is 0. The van der Waals surface area contributed by atoms with E-state index >= 15 is 0 Å². The molecule has 0 saturated heterocycles. The van der Waals surface area contributed by atoms with Crippen LogP contribution in [-0.2, 0) is 14.4 Å². The lowest BCUT2D eigenvalue weighted by molar-refractivity contribution is -0.195. The fraction of sp³-hybridized carbons (Fsp3) is 0.667. The molecule has 0 spiro atoms. The number of fused-ring (bicyclic) bond motifs is 3. The van der Waals surface area contributed by atoms with Crippen LogP contribution >= 0.6 is 0 Å². The summed E-state index contributed by atoms with van der Waals surface area (Å²) in [5, 5.41) is 48.3. The first-order valence-electron chi connectivity index (χ1n) is 17.5. The molecule has 0 radical (unpaired) electrons. The smallest absolute Gasteiger partial charge is 0.203 e. The second-order valence-corrected chi connectivity index (χ2v) is 15.9. The number of aliphatic hydroxyl groups excluding tert-OH is 2. The Balaban J connectivity index is 1.77. The summed E-state index contributed by atoms with van der Waals surface area (Å²) in [5.74, 6) is -4.74. The first-order chi connectivity index (χ1) is 21.4. The molecule has 46 heavy (non-hydrogen) atoms. The van der Waals surface area contributed by atoms with E-state index in [9.17, 15) is 34.8 Å². The van der Waals surface area contributed by atoms with Crippen molar-refractivity contribution in [3.63, 3.8) is 0 Å². The van der Waals surface area contributed by atoms with E-state index < -0.39 is 68.6 Å². The number of aromatic hydroxyl groups is 1. The molecule has 0 aromatic heterocycles. The number of carbonyl (C=O) groups is 3. The highest BCUT2D eigenvalue weighted by atomic mass is 16.3. The number of phenolic OH excluding ortho intramolecular Hbond substituents is 1. The summed E-state index contributed by atoms with van der Waals surface area (Å²) in [4.78, 5) is 41.5. The van der Waals surface area contributed by atoms with Crippen LogP contribution in [0, 0.1) is 40.4 Å². The molecule has 0 bridgehead atoms. The third kappa shape index (κ3) is 4.35. The van der Waals surface area contributed by atoms with E-state index in [1.165, 1.54) is 0 Å². The summed E-state index contributed by atoms with van der Waals surface area (Å²) in [6.45, 7) is 16.6. The lowest BCUT2D eigenvalue weighted by atomic mass is 9.38. The number of rotatable bonds is 7. The molecule has 4 N–H and O–H groups in total. The molecule has 2 saturated carbocycles. The zero-order valence-electron chi connectivity index (χ0n) is 29.2. The molecule has 2 fully saturated rings. The van der Waals surface area contributed by atoms with E-state index in [4.69, 9.17) is 0 Å². The lowest BCUT2D eigenvalue weighted by Gasteiger charge is -2.64. The average Bonchev–Trinajstić information content (AvgIpc) is 2.98. The number of aliphatic hydroxyl groups is 3. The summed E-state index contributed by atoms with van der Waals surface area (Å²) in [5.41, 5.74) is -4.16. The van der Waals surface area contributed by atoms with Gasteiger partial charge in [-0.05, 0) is 72.8 Å². The Bertz CT molecular complexity index is 1520. The van der Waals surface area contributed by atoms with E-state index in [0.29, 0.717) is 17.4 Å². The molecular weight excluding hydrogens is 580 g/mol. The Labute approximate surface area is 274 Å². The highest BCUT2D eigenvalue weighted by molar-refractivity contribution is 6.24. The van der Waals surface area contributed by atoms with Gasteiger partial charge in [0, 0.05) is 22.3 Å². The summed E-state index contributed by atoms with van der Waals surface area (Å²) >= 11 is 0. The van der Waals surface area contributed by atoms with Crippen LogP contribution < -0.4 is 0 Å². The topological polar surface area (TPSA) is 132 Å².